The Morgan fingerprint density at radius 1 is 1.21 bits per heavy atom. The van der Waals surface area contributed by atoms with Gasteiger partial charge in [0.2, 0.25) is 0 Å². The van der Waals surface area contributed by atoms with Gasteiger partial charge in [0.25, 0.3) is 0 Å². The molecule has 0 unspecified atom stereocenters. The van der Waals surface area contributed by atoms with E-state index in [4.69, 9.17) is 8.83 Å². The number of thioether (sulfide) groups is 1. The third-order valence-electron chi connectivity index (χ3n) is 4.70. The summed E-state index contributed by atoms with van der Waals surface area (Å²) in [5.41, 5.74) is 2.47. The van der Waals surface area contributed by atoms with Crippen LogP contribution in [-0.2, 0) is 19.2 Å². The lowest BCUT2D eigenvalue weighted by atomic mass is 10.1. The van der Waals surface area contributed by atoms with Crippen LogP contribution >= 0.6 is 11.8 Å². The number of nitrogens with zero attached hydrogens (tertiary/aromatic N) is 3. The molecule has 0 aliphatic carbocycles. The van der Waals surface area contributed by atoms with E-state index >= 15 is 0 Å². The first-order valence-corrected chi connectivity index (χ1v) is 9.81. The van der Waals surface area contributed by atoms with Crippen LogP contribution in [0, 0.1) is 6.92 Å². The van der Waals surface area contributed by atoms with Crippen LogP contribution in [-0.4, -0.2) is 19.9 Å². The zero-order valence-electron chi connectivity index (χ0n) is 15.7. The van der Waals surface area contributed by atoms with Gasteiger partial charge < -0.3 is 18.5 Å². The molecule has 0 atom stereocenters. The van der Waals surface area contributed by atoms with Crippen molar-refractivity contribution in [3.8, 4) is 17.1 Å². The highest BCUT2D eigenvalue weighted by atomic mass is 32.2. The van der Waals surface area contributed by atoms with Crippen molar-refractivity contribution in [1.29, 1.82) is 0 Å². The fourth-order valence-electron chi connectivity index (χ4n) is 3.14. The molecule has 28 heavy (non-hydrogen) atoms. The van der Waals surface area contributed by atoms with E-state index in [2.05, 4.69) is 10.2 Å². The maximum absolute atomic E-state index is 11.9. The SMILES string of the molecule is CCc1cc2c(CSc3nnc(-c4ccoc4C)n3C)cc(=O)oc2cc1O. The molecule has 144 valence electrons. The minimum Gasteiger partial charge on any atom is -0.508 e. The molecule has 0 aliphatic heterocycles. The van der Waals surface area contributed by atoms with Crippen molar-refractivity contribution in [1.82, 2.24) is 14.8 Å². The summed E-state index contributed by atoms with van der Waals surface area (Å²) in [7, 11) is 1.90. The van der Waals surface area contributed by atoms with Gasteiger partial charge in [-0.25, -0.2) is 4.79 Å². The van der Waals surface area contributed by atoms with Crippen LogP contribution < -0.4 is 5.63 Å². The van der Waals surface area contributed by atoms with E-state index in [1.54, 1.807) is 6.26 Å². The number of phenols is 1. The van der Waals surface area contributed by atoms with E-state index in [0.29, 0.717) is 17.8 Å². The first kappa shape index (κ1) is 18.4. The Kier molecular flexibility index (Phi) is 4.72. The number of hydrogen-bond donors (Lipinski definition) is 1. The summed E-state index contributed by atoms with van der Waals surface area (Å²) in [6.07, 6.45) is 2.31. The molecule has 0 fully saturated rings. The summed E-state index contributed by atoms with van der Waals surface area (Å²) in [6.45, 7) is 3.85. The number of benzene rings is 1. The van der Waals surface area contributed by atoms with E-state index in [0.717, 1.165) is 38.8 Å². The lowest BCUT2D eigenvalue weighted by Gasteiger charge is -2.08. The molecule has 4 rings (SSSR count). The van der Waals surface area contributed by atoms with E-state index in [-0.39, 0.29) is 5.75 Å². The molecule has 1 N–H and O–H groups in total. The van der Waals surface area contributed by atoms with Gasteiger partial charge in [-0.3, -0.25) is 0 Å². The maximum Gasteiger partial charge on any atom is 0.336 e. The third kappa shape index (κ3) is 3.20. The second kappa shape index (κ2) is 7.20. The zero-order chi connectivity index (χ0) is 19.8. The van der Waals surface area contributed by atoms with Crippen LogP contribution in [0.3, 0.4) is 0 Å². The van der Waals surface area contributed by atoms with Gasteiger partial charge in [-0.15, -0.1) is 10.2 Å². The topological polar surface area (TPSA) is 94.3 Å². The largest absolute Gasteiger partial charge is 0.508 e. The fourth-order valence-corrected chi connectivity index (χ4v) is 4.05. The second-order valence-corrected chi connectivity index (χ2v) is 7.41. The fraction of sp³-hybridized carbons (Fsp3) is 0.250. The van der Waals surface area contributed by atoms with Crippen LogP contribution in [0.25, 0.3) is 22.4 Å². The molecule has 0 saturated carbocycles. The number of furan rings is 1. The van der Waals surface area contributed by atoms with Gasteiger partial charge in [-0.05, 0) is 36.6 Å². The van der Waals surface area contributed by atoms with E-state index < -0.39 is 5.63 Å². The highest BCUT2D eigenvalue weighted by molar-refractivity contribution is 7.98. The van der Waals surface area contributed by atoms with Gasteiger partial charge in [0.05, 0.1) is 11.8 Å². The minimum absolute atomic E-state index is 0.136. The Balaban J connectivity index is 1.67. The molecule has 0 amide bonds. The van der Waals surface area contributed by atoms with Gasteiger partial charge in [0.15, 0.2) is 11.0 Å². The molecule has 1 aromatic carbocycles. The summed E-state index contributed by atoms with van der Waals surface area (Å²) in [4.78, 5) is 11.9. The summed E-state index contributed by atoms with van der Waals surface area (Å²) < 4.78 is 12.5. The molecule has 3 aromatic heterocycles. The molecule has 0 spiro atoms. The summed E-state index contributed by atoms with van der Waals surface area (Å²) in [6, 6.07) is 6.73. The number of rotatable bonds is 5. The summed E-state index contributed by atoms with van der Waals surface area (Å²) >= 11 is 1.48. The normalized spacial score (nSPS) is 11.4. The zero-order valence-corrected chi connectivity index (χ0v) is 16.5. The monoisotopic (exact) mass is 397 g/mol. The lowest BCUT2D eigenvalue weighted by Crippen LogP contribution is -2.01. The van der Waals surface area contributed by atoms with Gasteiger partial charge >= 0.3 is 5.63 Å². The Morgan fingerprint density at radius 3 is 2.75 bits per heavy atom. The van der Waals surface area contributed by atoms with Crippen molar-refractivity contribution in [2.24, 2.45) is 7.05 Å². The second-order valence-electron chi connectivity index (χ2n) is 6.47. The first-order valence-electron chi connectivity index (χ1n) is 8.83. The molecule has 0 radical (unpaired) electrons. The van der Waals surface area contributed by atoms with Gasteiger partial charge in [-0.1, -0.05) is 18.7 Å². The van der Waals surface area contributed by atoms with Crippen molar-refractivity contribution < 1.29 is 13.9 Å². The highest BCUT2D eigenvalue weighted by Crippen LogP contribution is 2.31. The maximum atomic E-state index is 11.9. The van der Waals surface area contributed by atoms with Crippen LogP contribution in [0.1, 0.15) is 23.8 Å². The van der Waals surface area contributed by atoms with Crippen LogP contribution in [0.4, 0.5) is 0 Å². The smallest absolute Gasteiger partial charge is 0.336 e. The quantitative estimate of drug-likeness (QED) is 0.401. The number of aromatic hydroxyl groups is 1. The number of aryl methyl sites for hydroxylation is 2. The van der Waals surface area contributed by atoms with Crippen molar-refractivity contribution in [3.05, 3.63) is 57.8 Å². The van der Waals surface area contributed by atoms with Crippen LogP contribution in [0.2, 0.25) is 0 Å². The summed E-state index contributed by atoms with van der Waals surface area (Å²) in [5, 5.41) is 20.1. The molecule has 8 heteroatoms. The molecule has 3 heterocycles. The van der Waals surface area contributed by atoms with Crippen molar-refractivity contribution in [2.75, 3.05) is 0 Å². The van der Waals surface area contributed by atoms with Gasteiger partial charge in [0, 0.05) is 30.3 Å². The Hall–Kier alpha value is -3.00. The standard InChI is InChI=1S/C20H19N3O4S/c1-4-12-7-15-13(8-18(25)27-17(15)9-16(12)24)10-28-20-22-21-19(23(20)3)14-5-6-26-11(14)2/h5-9,24H,4,10H2,1-3H3. The Bertz CT molecular complexity index is 1220. The third-order valence-corrected chi connectivity index (χ3v) is 5.77. The number of phenolic OH excluding ortho intramolecular Hbond substituents is 1. The Labute approximate surface area is 165 Å². The summed E-state index contributed by atoms with van der Waals surface area (Å²) in [5.74, 6) is 2.16. The lowest BCUT2D eigenvalue weighted by molar-refractivity contribution is 0.466. The van der Waals surface area contributed by atoms with Gasteiger partial charge in [-0.2, -0.15) is 0 Å². The van der Waals surface area contributed by atoms with Gasteiger partial charge in [0.1, 0.15) is 17.1 Å². The van der Waals surface area contributed by atoms with Crippen LogP contribution in [0.5, 0.6) is 5.75 Å². The number of fused-ring (bicyclic) bond motifs is 1. The molecular formula is C20H19N3O4S. The average molecular weight is 397 g/mol. The number of aromatic nitrogens is 3. The van der Waals surface area contributed by atoms with Crippen molar-refractivity contribution in [2.45, 2.75) is 31.2 Å². The predicted octanol–water partition coefficient (Wildman–Crippen LogP) is 4.05. The molecule has 0 bridgehead atoms. The molecule has 7 nitrogen and oxygen atoms in total. The van der Waals surface area contributed by atoms with Crippen molar-refractivity contribution >= 4 is 22.7 Å². The number of hydrogen-bond acceptors (Lipinski definition) is 7. The molecule has 4 aromatic rings. The molecule has 0 saturated heterocycles. The molecular weight excluding hydrogens is 378 g/mol. The predicted molar refractivity (Wildman–Crippen MR) is 107 cm³/mol. The minimum atomic E-state index is -0.445. The average Bonchev–Trinajstić information content (AvgIpc) is 3.24. The van der Waals surface area contributed by atoms with E-state index in [1.165, 1.54) is 23.9 Å². The molecule has 0 aliphatic rings. The Morgan fingerprint density at radius 2 is 2.04 bits per heavy atom. The highest BCUT2D eigenvalue weighted by Gasteiger charge is 2.16. The van der Waals surface area contributed by atoms with Crippen LogP contribution in [0.15, 0.2) is 49.3 Å². The first-order chi connectivity index (χ1) is 13.5. The van der Waals surface area contributed by atoms with E-state index in [9.17, 15) is 9.90 Å². The van der Waals surface area contributed by atoms with E-state index in [1.807, 2.05) is 37.6 Å². The van der Waals surface area contributed by atoms with Crippen molar-refractivity contribution in [3.63, 3.8) is 0 Å².